The minimum atomic E-state index is -4.93. The fraction of sp³-hybridized carbons (Fsp3) is 0.417. The third-order valence-corrected chi connectivity index (χ3v) is 2.83. The van der Waals surface area contributed by atoms with Gasteiger partial charge in [0.25, 0.3) is 0 Å². The van der Waals surface area contributed by atoms with Crippen LogP contribution in [0.25, 0.3) is 0 Å². The Balaban J connectivity index is 2.36. The average molecular weight is 327 g/mol. The molecule has 0 bridgehead atoms. The van der Waals surface area contributed by atoms with Gasteiger partial charge in [0.15, 0.2) is 6.61 Å². The largest absolute Gasteiger partial charge is 0.573 e. The number of ether oxygens (including phenoxy) is 3. The van der Waals surface area contributed by atoms with E-state index in [-0.39, 0.29) is 11.3 Å². The normalized spacial score (nSPS) is 20.8. The van der Waals surface area contributed by atoms with Crippen LogP contribution in [0.3, 0.4) is 0 Å². The Morgan fingerprint density at radius 3 is 2.64 bits per heavy atom. The Kier molecular flexibility index (Phi) is 4.03. The van der Waals surface area contributed by atoms with Crippen molar-refractivity contribution in [1.29, 1.82) is 0 Å². The highest BCUT2D eigenvalue weighted by molar-refractivity contribution is 5.69. The standard InChI is InChI=1S/C12H10F5NO4/c1-20-8-4-6(22-12(15,16)17)2-3-7(8)9-11(13,14)5-21-10(19)18-9/h2-4,9H,5H2,1H3,(H,18,19)/t9-/m0/s1. The van der Waals surface area contributed by atoms with E-state index in [0.29, 0.717) is 0 Å². The zero-order valence-corrected chi connectivity index (χ0v) is 11.0. The number of benzene rings is 1. The second-order valence-electron chi connectivity index (χ2n) is 4.37. The molecule has 1 saturated heterocycles. The molecule has 1 aromatic rings. The summed E-state index contributed by atoms with van der Waals surface area (Å²) in [5.41, 5.74) is -0.196. The van der Waals surface area contributed by atoms with E-state index in [9.17, 15) is 26.7 Å². The number of hydrogen-bond donors (Lipinski definition) is 1. The third-order valence-electron chi connectivity index (χ3n) is 2.83. The van der Waals surface area contributed by atoms with Crippen LogP contribution in [0.1, 0.15) is 11.6 Å². The lowest BCUT2D eigenvalue weighted by Crippen LogP contribution is -2.49. The summed E-state index contributed by atoms with van der Waals surface area (Å²) in [6, 6.07) is 0.830. The Bertz CT molecular complexity index is 575. The Hall–Kier alpha value is -2.26. The topological polar surface area (TPSA) is 56.8 Å². The molecule has 10 heteroatoms. The molecule has 0 spiro atoms. The van der Waals surface area contributed by atoms with Crippen LogP contribution in [0.4, 0.5) is 26.7 Å². The first-order chi connectivity index (χ1) is 10.1. The summed E-state index contributed by atoms with van der Waals surface area (Å²) in [6.45, 7) is -1.15. The zero-order valence-electron chi connectivity index (χ0n) is 11.0. The van der Waals surface area contributed by atoms with Crippen LogP contribution in [-0.2, 0) is 4.74 Å². The second-order valence-corrected chi connectivity index (χ2v) is 4.37. The van der Waals surface area contributed by atoms with Crippen molar-refractivity contribution in [2.75, 3.05) is 13.7 Å². The minimum Gasteiger partial charge on any atom is -0.496 e. The summed E-state index contributed by atoms with van der Waals surface area (Å²) in [4.78, 5) is 11.1. The maximum atomic E-state index is 13.8. The van der Waals surface area contributed by atoms with Gasteiger partial charge in [0, 0.05) is 11.6 Å². The molecular weight excluding hydrogens is 317 g/mol. The Labute approximate surface area is 120 Å². The summed E-state index contributed by atoms with van der Waals surface area (Å²) < 4.78 is 76.8. The molecule has 0 aromatic heterocycles. The fourth-order valence-corrected chi connectivity index (χ4v) is 1.94. The molecule has 0 radical (unpaired) electrons. The number of hydrogen-bond acceptors (Lipinski definition) is 4. The minimum absolute atomic E-state index is 0.196. The van der Waals surface area contributed by atoms with Crippen molar-refractivity contribution < 1.29 is 41.0 Å². The van der Waals surface area contributed by atoms with Gasteiger partial charge in [-0.3, -0.25) is 0 Å². The van der Waals surface area contributed by atoms with Crippen molar-refractivity contribution in [3.8, 4) is 11.5 Å². The zero-order chi connectivity index (χ0) is 16.5. The van der Waals surface area contributed by atoms with E-state index < -0.39 is 36.8 Å². The first-order valence-electron chi connectivity index (χ1n) is 5.87. The SMILES string of the molecule is COc1cc(OC(F)(F)F)ccc1[C@@H]1NC(=O)OCC1(F)F. The number of carbonyl (C=O) groups is 1. The van der Waals surface area contributed by atoms with Crippen molar-refractivity contribution in [1.82, 2.24) is 5.32 Å². The molecule has 1 aliphatic rings. The predicted octanol–water partition coefficient (Wildman–Crippen LogP) is 3.01. The van der Waals surface area contributed by atoms with Gasteiger partial charge >= 0.3 is 18.4 Å². The van der Waals surface area contributed by atoms with Gasteiger partial charge in [-0.15, -0.1) is 13.2 Å². The van der Waals surface area contributed by atoms with E-state index in [4.69, 9.17) is 4.74 Å². The number of methoxy groups -OCH3 is 1. The predicted molar refractivity (Wildman–Crippen MR) is 61.8 cm³/mol. The van der Waals surface area contributed by atoms with Crippen LogP contribution in [0.5, 0.6) is 11.5 Å². The Morgan fingerprint density at radius 1 is 1.36 bits per heavy atom. The first-order valence-corrected chi connectivity index (χ1v) is 5.87. The number of amides is 1. The van der Waals surface area contributed by atoms with Gasteiger partial charge in [-0.05, 0) is 12.1 Å². The molecule has 122 valence electrons. The monoisotopic (exact) mass is 327 g/mol. The van der Waals surface area contributed by atoms with Crippen LogP contribution in [0.2, 0.25) is 0 Å². The lowest BCUT2D eigenvalue weighted by Gasteiger charge is -2.32. The molecule has 1 aliphatic heterocycles. The average Bonchev–Trinajstić information content (AvgIpc) is 2.40. The summed E-state index contributed by atoms with van der Waals surface area (Å²) in [6.07, 6.45) is -5.99. The van der Waals surface area contributed by atoms with Gasteiger partial charge in [-0.1, -0.05) is 0 Å². The van der Waals surface area contributed by atoms with Gasteiger partial charge in [0.1, 0.15) is 17.5 Å². The summed E-state index contributed by atoms with van der Waals surface area (Å²) in [7, 11) is 1.09. The van der Waals surface area contributed by atoms with Crippen LogP contribution in [-0.4, -0.2) is 32.1 Å². The van der Waals surface area contributed by atoms with Crippen LogP contribution in [0.15, 0.2) is 18.2 Å². The van der Waals surface area contributed by atoms with Crippen molar-refractivity contribution in [3.05, 3.63) is 23.8 Å². The molecule has 1 atom stereocenters. The molecule has 1 amide bonds. The number of alkyl halides is 5. The number of alkyl carbamates (subject to hydrolysis) is 1. The quantitative estimate of drug-likeness (QED) is 0.867. The fourth-order valence-electron chi connectivity index (χ4n) is 1.94. The molecular formula is C12H10F5NO4. The van der Waals surface area contributed by atoms with E-state index in [1.807, 2.05) is 5.32 Å². The molecule has 1 fully saturated rings. The van der Waals surface area contributed by atoms with Gasteiger partial charge in [0.05, 0.1) is 7.11 Å². The van der Waals surface area contributed by atoms with Crippen LogP contribution < -0.4 is 14.8 Å². The highest BCUT2D eigenvalue weighted by atomic mass is 19.4. The number of carbonyl (C=O) groups excluding carboxylic acids is 1. The molecule has 0 aliphatic carbocycles. The summed E-state index contributed by atoms with van der Waals surface area (Å²) >= 11 is 0. The maximum absolute atomic E-state index is 13.8. The van der Waals surface area contributed by atoms with Crippen molar-refractivity contribution >= 4 is 6.09 Å². The van der Waals surface area contributed by atoms with Gasteiger partial charge < -0.3 is 19.5 Å². The lowest BCUT2D eigenvalue weighted by atomic mass is 9.99. The smallest absolute Gasteiger partial charge is 0.496 e. The molecule has 1 N–H and O–H groups in total. The van der Waals surface area contributed by atoms with E-state index >= 15 is 0 Å². The molecule has 5 nitrogen and oxygen atoms in total. The number of cyclic esters (lactones) is 1. The number of nitrogens with one attached hydrogen (secondary N) is 1. The third kappa shape index (κ3) is 3.49. The van der Waals surface area contributed by atoms with Gasteiger partial charge in [-0.2, -0.15) is 0 Å². The van der Waals surface area contributed by atoms with Crippen molar-refractivity contribution in [2.24, 2.45) is 0 Å². The highest BCUT2D eigenvalue weighted by Crippen LogP contribution is 2.40. The number of rotatable bonds is 3. The highest BCUT2D eigenvalue weighted by Gasteiger charge is 2.48. The molecule has 22 heavy (non-hydrogen) atoms. The lowest BCUT2D eigenvalue weighted by molar-refractivity contribution is -0.274. The molecule has 2 rings (SSSR count). The number of halogens is 5. The Morgan fingerprint density at radius 2 is 2.05 bits per heavy atom. The van der Waals surface area contributed by atoms with E-state index in [2.05, 4.69) is 9.47 Å². The van der Waals surface area contributed by atoms with E-state index in [1.54, 1.807) is 0 Å². The van der Waals surface area contributed by atoms with E-state index in [0.717, 1.165) is 25.3 Å². The van der Waals surface area contributed by atoms with Gasteiger partial charge in [-0.25, -0.2) is 13.6 Å². The van der Waals surface area contributed by atoms with E-state index in [1.165, 1.54) is 0 Å². The van der Waals surface area contributed by atoms with Crippen molar-refractivity contribution in [2.45, 2.75) is 18.3 Å². The van der Waals surface area contributed by atoms with Crippen molar-refractivity contribution in [3.63, 3.8) is 0 Å². The molecule has 1 heterocycles. The molecule has 1 aromatic carbocycles. The van der Waals surface area contributed by atoms with Gasteiger partial charge in [0.2, 0.25) is 0 Å². The second kappa shape index (κ2) is 5.50. The molecule has 0 saturated carbocycles. The maximum Gasteiger partial charge on any atom is 0.573 e. The first kappa shape index (κ1) is 16.1. The van der Waals surface area contributed by atoms with Crippen LogP contribution >= 0.6 is 0 Å². The molecule has 0 unspecified atom stereocenters. The summed E-state index contributed by atoms with van der Waals surface area (Å²) in [5, 5.41) is 1.91. The summed E-state index contributed by atoms with van der Waals surface area (Å²) in [5.74, 6) is -4.36. The van der Waals surface area contributed by atoms with Crippen LogP contribution in [0, 0.1) is 0 Å².